The first-order valence-electron chi connectivity index (χ1n) is 15.6. The minimum atomic E-state index is -3.67. The molecule has 0 bridgehead atoms. The van der Waals surface area contributed by atoms with Crippen molar-refractivity contribution in [1.82, 2.24) is 25.8 Å². The number of likely N-dealkylation sites (N-methyl/N-ethyl adjacent to an activating group) is 1. The van der Waals surface area contributed by atoms with Crippen molar-refractivity contribution in [1.29, 1.82) is 0 Å². The number of amides is 4. The monoisotopic (exact) mass is 657 g/mol. The summed E-state index contributed by atoms with van der Waals surface area (Å²) < 4.78 is 25.9. The normalized spacial score (nSPS) is 20.6. The van der Waals surface area contributed by atoms with E-state index < -0.39 is 28.2 Å². The maximum absolute atomic E-state index is 14.1. The molecule has 12 nitrogen and oxygen atoms in total. The fourth-order valence-electron chi connectivity index (χ4n) is 5.76. The van der Waals surface area contributed by atoms with Gasteiger partial charge in [0, 0.05) is 25.6 Å². The maximum Gasteiger partial charge on any atom is 0.261 e. The molecule has 4 amide bonds. The van der Waals surface area contributed by atoms with Gasteiger partial charge in [-0.15, -0.1) is 0 Å². The molecule has 252 valence electrons. The van der Waals surface area contributed by atoms with Crippen LogP contribution in [0.15, 0.2) is 60.7 Å². The van der Waals surface area contributed by atoms with Gasteiger partial charge in [-0.1, -0.05) is 74.5 Å². The summed E-state index contributed by atoms with van der Waals surface area (Å²) in [6.45, 7) is 6.24. The standard InChI is InChI=1S/C32H43N5O4.CH4O3S/c1-21(2)19-28(38)36-18-17-25-15-16-27(37(25)32(41)26(20-36)34-30(39)22(3)33-4)31(40)35-29(23-11-7-5-8-12-23)24-13-9-6-10-14-24;1-5(2,3)4/h5-14,21-22,25-27,29,33H,15-20H2,1-4H3,(H,34,39)(H,35,40);1H3,(H,2,3,4)/t22-,25+,26-,27-;/m0./s1. The third-order valence-electron chi connectivity index (χ3n) is 8.12. The number of carbonyl (C=O) groups is 4. The van der Waals surface area contributed by atoms with Crippen LogP contribution in [0.4, 0.5) is 0 Å². The molecule has 0 unspecified atom stereocenters. The highest BCUT2D eigenvalue weighted by atomic mass is 32.2. The molecule has 0 spiro atoms. The number of nitrogens with one attached hydrogen (secondary N) is 3. The number of hydrogen-bond acceptors (Lipinski definition) is 7. The number of hydrogen-bond donors (Lipinski definition) is 4. The summed E-state index contributed by atoms with van der Waals surface area (Å²) in [6.07, 6.45) is 2.86. The molecular weight excluding hydrogens is 610 g/mol. The van der Waals surface area contributed by atoms with Crippen LogP contribution in [-0.4, -0.2) is 97.0 Å². The Morgan fingerprint density at radius 1 is 0.935 bits per heavy atom. The molecule has 4 atom stereocenters. The molecule has 0 saturated carbocycles. The predicted molar refractivity (Wildman–Crippen MR) is 175 cm³/mol. The Balaban J connectivity index is 0.00000107. The lowest BCUT2D eigenvalue weighted by Crippen LogP contribution is -2.62. The molecule has 2 aromatic carbocycles. The summed E-state index contributed by atoms with van der Waals surface area (Å²) in [5.41, 5.74) is 1.90. The average Bonchev–Trinajstić information content (AvgIpc) is 3.42. The molecule has 0 aliphatic carbocycles. The van der Waals surface area contributed by atoms with Crippen LogP contribution in [-0.2, 0) is 29.3 Å². The maximum atomic E-state index is 14.1. The van der Waals surface area contributed by atoms with Gasteiger partial charge in [0.25, 0.3) is 10.1 Å². The molecule has 2 fully saturated rings. The van der Waals surface area contributed by atoms with E-state index in [0.717, 1.165) is 11.1 Å². The second-order valence-electron chi connectivity index (χ2n) is 12.3. The highest BCUT2D eigenvalue weighted by Gasteiger charge is 2.46. The van der Waals surface area contributed by atoms with Gasteiger partial charge in [0.1, 0.15) is 12.1 Å². The first-order valence-corrected chi connectivity index (χ1v) is 17.4. The minimum Gasteiger partial charge on any atom is -0.343 e. The summed E-state index contributed by atoms with van der Waals surface area (Å²) in [7, 11) is -1.99. The first-order chi connectivity index (χ1) is 21.7. The van der Waals surface area contributed by atoms with Crippen LogP contribution in [0.2, 0.25) is 0 Å². The van der Waals surface area contributed by atoms with Crippen molar-refractivity contribution in [3.8, 4) is 0 Å². The van der Waals surface area contributed by atoms with Gasteiger partial charge in [-0.05, 0) is 50.3 Å². The summed E-state index contributed by atoms with van der Waals surface area (Å²) in [6, 6.07) is 16.9. The Bertz CT molecular complexity index is 1390. The highest BCUT2D eigenvalue weighted by molar-refractivity contribution is 7.85. The largest absolute Gasteiger partial charge is 0.343 e. The van der Waals surface area contributed by atoms with E-state index >= 15 is 0 Å². The van der Waals surface area contributed by atoms with Crippen molar-refractivity contribution in [2.24, 2.45) is 5.92 Å². The second-order valence-corrected chi connectivity index (χ2v) is 13.8. The van der Waals surface area contributed by atoms with Crippen LogP contribution in [0.1, 0.15) is 63.6 Å². The van der Waals surface area contributed by atoms with E-state index in [2.05, 4.69) is 16.0 Å². The van der Waals surface area contributed by atoms with Crippen molar-refractivity contribution >= 4 is 33.7 Å². The Morgan fingerprint density at radius 2 is 1.48 bits per heavy atom. The molecule has 2 aliphatic heterocycles. The zero-order valence-corrected chi connectivity index (χ0v) is 28.0. The van der Waals surface area contributed by atoms with Gasteiger partial charge < -0.3 is 25.8 Å². The third-order valence-corrected chi connectivity index (χ3v) is 8.12. The molecule has 2 heterocycles. The molecule has 2 saturated heterocycles. The predicted octanol–water partition coefficient (Wildman–Crippen LogP) is 2.13. The second kappa shape index (κ2) is 16.7. The smallest absolute Gasteiger partial charge is 0.261 e. The number of benzene rings is 2. The summed E-state index contributed by atoms with van der Waals surface area (Å²) in [5, 5.41) is 8.99. The van der Waals surface area contributed by atoms with E-state index in [0.29, 0.717) is 38.5 Å². The van der Waals surface area contributed by atoms with E-state index in [1.54, 1.807) is 23.8 Å². The summed E-state index contributed by atoms with van der Waals surface area (Å²) in [4.78, 5) is 57.4. The van der Waals surface area contributed by atoms with Gasteiger partial charge in [-0.2, -0.15) is 8.42 Å². The van der Waals surface area contributed by atoms with Crippen molar-refractivity contribution in [3.63, 3.8) is 0 Å². The Hall–Kier alpha value is -3.81. The molecule has 4 rings (SSSR count). The van der Waals surface area contributed by atoms with E-state index in [1.165, 1.54) is 0 Å². The lowest BCUT2D eigenvalue weighted by atomic mass is 9.98. The molecular formula is C33H47N5O7S. The molecule has 2 aliphatic rings. The van der Waals surface area contributed by atoms with Gasteiger partial charge in [-0.25, -0.2) is 0 Å². The van der Waals surface area contributed by atoms with Crippen molar-refractivity contribution < 1.29 is 32.1 Å². The van der Waals surface area contributed by atoms with E-state index in [4.69, 9.17) is 4.55 Å². The SMILES string of the molecule is CN[C@@H](C)C(=O)N[C@H]1CN(C(=O)CC(C)C)CC[C@H]2CC[C@@H](C(=O)NC(c3ccccc3)c3ccccc3)N2C1=O.CS(=O)(=O)O. The van der Waals surface area contributed by atoms with Crippen LogP contribution >= 0.6 is 0 Å². The Labute approximate surface area is 272 Å². The van der Waals surface area contributed by atoms with Gasteiger partial charge in [-0.3, -0.25) is 23.7 Å². The van der Waals surface area contributed by atoms with E-state index in [9.17, 15) is 27.6 Å². The molecule has 2 aromatic rings. The fourth-order valence-corrected chi connectivity index (χ4v) is 5.76. The van der Waals surface area contributed by atoms with Crippen LogP contribution in [0.25, 0.3) is 0 Å². The molecule has 13 heteroatoms. The number of nitrogens with zero attached hydrogens (tertiary/aromatic N) is 2. The quantitative estimate of drug-likeness (QED) is 0.298. The summed E-state index contributed by atoms with van der Waals surface area (Å²) in [5.74, 6) is -0.710. The summed E-state index contributed by atoms with van der Waals surface area (Å²) >= 11 is 0. The van der Waals surface area contributed by atoms with Gasteiger partial charge in [0.15, 0.2) is 0 Å². The van der Waals surface area contributed by atoms with Crippen LogP contribution in [0.3, 0.4) is 0 Å². The number of fused-ring (bicyclic) bond motifs is 1. The van der Waals surface area contributed by atoms with Crippen molar-refractivity contribution in [2.45, 2.75) is 76.7 Å². The van der Waals surface area contributed by atoms with Crippen molar-refractivity contribution in [3.05, 3.63) is 71.8 Å². The molecule has 0 aromatic heterocycles. The first kappa shape index (κ1) is 36.7. The Kier molecular flexibility index (Phi) is 13.3. The topological polar surface area (TPSA) is 165 Å². The number of carbonyl (C=O) groups excluding carboxylic acids is 4. The number of rotatable bonds is 9. The Morgan fingerprint density at radius 3 is 1.98 bits per heavy atom. The van der Waals surface area contributed by atoms with Crippen LogP contribution in [0.5, 0.6) is 0 Å². The van der Waals surface area contributed by atoms with Gasteiger partial charge in [0.2, 0.25) is 23.6 Å². The molecule has 46 heavy (non-hydrogen) atoms. The third kappa shape index (κ3) is 10.6. The van der Waals surface area contributed by atoms with Gasteiger partial charge in [0.05, 0.1) is 18.3 Å². The lowest BCUT2D eigenvalue weighted by molar-refractivity contribution is -0.147. The zero-order chi connectivity index (χ0) is 34.0. The fraction of sp³-hybridized carbons (Fsp3) is 0.515. The zero-order valence-electron chi connectivity index (χ0n) is 27.2. The average molecular weight is 658 g/mol. The molecule has 4 N–H and O–H groups in total. The molecule has 0 radical (unpaired) electrons. The highest BCUT2D eigenvalue weighted by Crippen LogP contribution is 2.31. The van der Waals surface area contributed by atoms with Crippen molar-refractivity contribution in [2.75, 3.05) is 26.4 Å². The minimum absolute atomic E-state index is 0.0250. The van der Waals surface area contributed by atoms with E-state index in [1.807, 2.05) is 74.5 Å². The van der Waals surface area contributed by atoms with Crippen LogP contribution in [0, 0.1) is 5.92 Å². The lowest BCUT2D eigenvalue weighted by Gasteiger charge is -2.39. The van der Waals surface area contributed by atoms with Gasteiger partial charge >= 0.3 is 0 Å². The van der Waals surface area contributed by atoms with E-state index in [-0.39, 0.29) is 48.2 Å². The van der Waals surface area contributed by atoms with Crippen LogP contribution < -0.4 is 16.0 Å².